The third kappa shape index (κ3) is 4.25. The van der Waals surface area contributed by atoms with Gasteiger partial charge in [-0.15, -0.1) is 11.3 Å². The summed E-state index contributed by atoms with van der Waals surface area (Å²) in [6.45, 7) is 4.73. The van der Waals surface area contributed by atoms with Crippen LogP contribution in [0.5, 0.6) is 0 Å². The van der Waals surface area contributed by atoms with E-state index in [-0.39, 0.29) is 29.7 Å². The Morgan fingerprint density at radius 3 is 2.75 bits per heavy atom. The van der Waals surface area contributed by atoms with Crippen LogP contribution in [0.4, 0.5) is 0 Å². The summed E-state index contributed by atoms with van der Waals surface area (Å²) in [5.74, 6) is -0.165. The van der Waals surface area contributed by atoms with Crippen molar-refractivity contribution in [2.75, 3.05) is 25.4 Å². The second-order valence-corrected chi connectivity index (χ2v) is 8.83. The van der Waals surface area contributed by atoms with E-state index in [9.17, 15) is 14.4 Å². The van der Waals surface area contributed by atoms with Gasteiger partial charge in [-0.2, -0.15) is 0 Å². The van der Waals surface area contributed by atoms with E-state index in [1.54, 1.807) is 23.0 Å². The average molecular weight is 423 g/mol. The number of rotatable bonds is 7. The summed E-state index contributed by atoms with van der Waals surface area (Å²) >= 11 is 2.86. The fourth-order valence-corrected chi connectivity index (χ4v) is 5.59. The largest absolute Gasteiger partial charge is 0.355 e. The van der Waals surface area contributed by atoms with E-state index in [0.29, 0.717) is 18.2 Å². The minimum absolute atomic E-state index is 0.0333. The third-order valence-corrected chi connectivity index (χ3v) is 7.12. The Balaban J connectivity index is 1.77. The van der Waals surface area contributed by atoms with E-state index in [1.807, 2.05) is 13.8 Å². The SMILES string of the molecule is CCNC(=O)CN(CC)C(=O)CSc1nc2sc3c(c2c(=O)n1C)CCCC3. The zero-order valence-electron chi connectivity index (χ0n) is 16.5. The van der Waals surface area contributed by atoms with Gasteiger partial charge in [0.25, 0.3) is 5.56 Å². The van der Waals surface area contributed by atoms with Crippen LogP contribution in [-0.2, 0) is 29.5 Å². The molecular weight excluding hydrogens is 396 g/mol. The quantitative estimate of drug-likeness (QED) is 0.545. The highest BCUT2D eigenvalue weighted by Crippen LogP contribution is 2.34. The molecule has 0 atom stereocenters. The zero-order valence-corrected chi connectivity index (χ0v) is 18.2. The highest BCUT2D eigenvalue weighted by atomic mass is 32.2. The van der Waals surface area contributed by atoms with E-state index in [2.05, 4.69) is 10.3 Å². The lowest BCUT2D eigenvalue weighted by Gasteiger charge is -2.20. The molecule has 3 rings (SSSR count). The first-order valence-corrected chi connectivity index (χ1v) is 11.4. The number of thioether (sulfide) groups is 1. The smallest absolute Gasteiger partial charge is 0.262 e. The molecule has 1 aliphatic rings. The first-order chi connectivity index (χ1) is 13.5. The lowest BCUT2D eigenvalue weighted by Crippen LogP contribution is -2.41. The van der Waals surface area contributed by atoms with Crippen LogP contribution in [-0.4, -0.2) is 51.7 Å². The predicted molar refractivity (Wildman–Crippen MR) is 113 cm³/mol. The molecular formula is C19H26N4O3S2. The maximum absolute atomic E-state index is 12.9. The Labute approximate surface area is 172 Å². The van der Waals surface area contributed by atoms with E-state index >= 15 is 0 Å². The number of carbonyl (C=O) groups is 2. The monoisotopic (exact) mass is 422 g/mol. The predicted octanol–water partition coefficient (Wildman–Crippen LogP) is 1.95. The van der Waals surface area contributed by atoms with Crippen molar-refractivity contribution < 1.29 is 9.59 Å². The molecule has 0 saturated heterocycles. The van der Waals surface area contributed by atoms with Crippen LogP contribution in [0, 0.1) is 0 Å². The molecule has 1 N–H and O–H groups in total. The van der Waals surface area contributed by atoms with E-state index in [0.717, 1.165) is 35.9 Å². The normalized spacial score (nSPS) is 13.4. The Morgan fingerprint density at radius 2 is 2.04 bits per heavy atom. The Kier molecular flexibility index (Phi) is 6.77. The number of hydrogen-bond donors (Lipinski definition) is 1. The molecule has 0 unspecified atom stereocenters. The van der Waals surface area contributed by atoms with Crippen LogP contribution in [0.25, 0.3) is 10.2 Å². The van der Waals surface area contributed by atoms with Gasteiger partial charge in [-0.25, -0.2) is 4.98 Å². The molecule has 0 aromatic carbocycles. The van der Waals surface area contributed by atoms with Gasteiger partial charge < -0.3 is 10.2 Å². The summed E-state index contributed by atoms with van der Waals surface area (Å²) in [6, 6.07) is 0. The van der Waals surface area contributed by atoms with Crippen molar-refractivity contribution in [2.45, 2.75) is 44.7 Å². The minimum Gasteiger partial charge on any atom is -0.355 e. The topological polar surface area (TPSA) is 84.3 Å². The summed E-state index contributed by atoms with van der Waals surface area (Å²) in [5, 5.41) is 4.00. The highest BCUT2D eigenvalue weighted by Gasteiger charge is 2.22. The molecule has 0 spiro atoms. The van der Waals surface area contributed by atoms with Crippen molar-refractivity contribution in [3.05, 3.63) is 20.8 Å². The molecule has 28 heavy (non-hydrogen) atoms. The van der Waals surface area contributed by atoms with Gasteiger partial charge in [-0.05, 0) is 45.1 Å². The minimum atomic E-state index is -0.168. The highest BCUT2D eigenvalue weighted by molar-refractivity contribution is 7.99. The van der Waals surface area contributed by atoms with Crippen LogP contribution >= 0.6 is 23.1 Å². The van der Waals surface area contributed by atoms with E-state index < -0.39 is 0 Å². The molecule has 0 fully saturated rings. The first kappa shape index (κ1) is 20.9. The van der Waals surface area contributed by atoms with Gasteiger partial charge in [0, 0.05) is 25.0 Å². The summed E-state index contributed by atoms with van der Waals surface area (Å²) in [7, 11) is 1.71. The Morgan fingerprint density at radius 1 is 1.29 bits per heavy atom. The lowest BCUT2D eigenvalue weighted by molar-refractivity contribution is -0.133. The van der Waals surface area contributed by atoms with Crippen LogP contribution < -0.4 is 10.9 Å². The van der Waals surface area contributed by atoms with Crippen LogP contribution in [0.2, 0.25) is 0 Å². The van der Waals surface area contributed by atoms with E-state index in [4.69, 9.17) is 0 Å². The summed E-state index contributed by atoms with van der Waals surface area (Å²) in [4.78, 5) is 45.4. The molecule has 1 aliphatic carbocycles. The number of hydrogen-bond acceptors (Lipinski definition) is 6. The number of nitrogens with zero attached hydrogens (tertiary/aromatic N) is 3. The fourth-order valence-electron chi connectivity index (χ4n) is 3.42. The van der Waals surface area contributed by atoms with Gasteiger partial charge >= 0.3 is 0 Å². The first-order valence-electron chi connectivity index (χ1n) is 9.64. The number of aromatic nitrogens is 2. The van der Waals surface area contributed by atoms with Crippen molar-refractivity contribution in [3.63, 3.8) is 0 Å². The number of fused-ring (bicyclic) bond motifs is 3. The number of amides is 2. The molecule has 2 aromatic heterocycles. The number of nitrogens with one attached hydrogen (secondary N) is 1. The summed E-state index contributed by atoms with van der Waals surface area (Å²) < 4.78 is 1.54. The molecule has 2 heterocycles. The molecule has 0 bridgehead atoms. The molecule has 0 saturated carbocycles. The third-order valence-electron chi connectivity index (χ3n) is 4.92. The van der Waals surface area contributed by atoms with Crippen molar-refractivity contribution in [2.24, 2.45) is 7.05 Å². The number of thiophene rings is 1. The van der Waals surface area contributed by atoms with Gasteiger partial charge in [0.05, 0.1) is 17.7 Å². The maximum Gasteiger partial charge on any atom is 0.262 e. The van der Waals surface area contributed by atoms with Crippen molar-refractivity contribution in [3.8, 4) is 0 Å². The van der Waals surface area contributed by atoms with Crippen LogP contribution in [0.3, 0.4) is 0 Å². The molecule has 0 radical (unpaired) electrons. The van der Waals surface area contributed by atoms with Crippen molar-refractivity contribution in [1.82, 2.24) is 19.8 Å². The summed E-state index contributed by atoms with van der Waals surface area (Å²) in [6.07, 6.45) is 4.24. The molecule has 2 aromatic rings. The van der Waals surface area contributed by atoms with Gasteiger partial charge in [-0.1, -0.05) is 11.8 Å². The Bertz CT molecular complexity index is 951. The van der Waals surface area contributed by atoms with Gasteiger partial charge in [0.1, 0.15) is 4.83 Å². The van der Waals surface area contributed by atoms with Crippen molar-refractivity contribution in [1.29, 1.82) is 0 Å². The number of carbonyl (C=O) groups excluding carboxylic acids is 2. The van der Waals surface area contributed by atoms with Crippen molar-refractivity contribution >= 4 is 45.1 Å². The van der Waals surface area contributed by atoms with Crippen LogP contribution in [0.1, 0.15) is 37.1 Å². The molecule has 2 amide bonds. The molecule has 152 valence electrons. The second-order valence-electron chi connectivity index (χ2n) is 6.80. The molecule has 9 heteroatoms. The van der Waals surface area contributed by atoms with E-state index in [1.165, 1.54) is 27.1 Å². The van der Waals surface area contributed by atoms with Gasteiger partial charge in [-0.3, -0.25) is 19.0 Å². The molecule has 7 nitrogen and oxygen atoms in total. The molecule has 0 aliphatic heterocycles. The standard InChI is InChI=1S/C19H26N4O3S2/c1-4-20-14(24)10-23(5-2)15(25)11-27-19-21-17-16(18(26)22(19)3)12-8-6-7-9-13(12)28-17/h4-11H2,1-3H3,(H,20,24). The number of likely N-dealkylation sites (N-methyl/N-ethyl adjacent to an activating group) is 2. The van der Waals surface area contributed by atoms with Gasteiger partial charge in [0.15, 0.2) is 5.16 Å². The maximum atomic E-state index is 12.9. The summed E-state index contributed by atoms with van der Waals surface area (Å²) in [5.41, 5.74) is 1.14. The average Bonchev–Trinajstić information content (AvgIpc) is 3.06. The fraction of sp³-hybridized carbons (Fsp3) is 0.579. The second kappa shape index (κ2) is 9.09. The van der Waals surface area contributed by atoms with Crippen LogP contribution in [0.15, 0.2) is 9.95 Å². The lowest BCUT2D eigenvalue weighted by atomic mass is 9.97. The zero-order chi connectivity index (χ0) is 20.3. The van der Waals surface area contributed by atoms with Gasteiger partial charge in [0.2, 0.25) is 11.8 Å². The Hall–Kier alpha value is -1.87. The number of aryl methyl sites for hydroxylation is 2.